The van der Waals surface area contributed by atoms with Crippen molar-refractivity contribution in [2.24, 2.45) is 0 Å². The van der Waals surface area contributed by atoms with Gasteiger partial charge in [0.25, 0.3) is 11.6 Å². The van der Waals surface area contributed by atoms with Crippen molar-refractivity contribution in [3.63, 3.8) is 0 Å². The first-order valence-electron chi connectivity index (χ1n) is 10.5. The summed E-state index contributed by atoms with van der Waals surface area (Å²) in [4.78, 5) is 25.6. The molecule has 0 atom stereocenters. The number of carbonyl (C=O) groups is 1. The van der Waals surface area contributed by atoms with E-state index < -0.39 is 10.8 Å². The SMILES string of the molecule is O=C(NC(=S)Nc1ccc(-c2ccc(CO)o2)cc1)c1ccc(N2CCOCC2)c([N+](=O)[O-])c1. The minimum absolute atomic E-state index is 0.0539. The maximum Gasteiger partial charge on any atom is 0.293 e. The summed E-state index contributed by atoms with van der Waals surface area (Å²) in [7, 11) is 0. The van der Waals surface area contributed by atoms with E-state index >= 15 is 0 Å². The Hall–Kier alpha value is -3.80. The first kappa shape index (κ1) is 23.4. The highest BCUT2D eigenvalue weighted by Crippen LogP contribution is 2.30. The van der Waals surface area contributed by atoms with Crippen LogP contribution < -0.4 is 15.5 Å². The minimum atomic E-state index is -0.558. The molecule has 1 amide bonds. The number of benzene rings is 2. The summed E-state index contributed by atoms with van der Waals surface area (Å²) in [5.74, 6) is 0.533. The van der Waals surface area contributed by atoms with E-state index in [9.17, 15) is 14.9 Å². The largest absolute Gasteiger partial charge is 0.459 e. The monoisotopic (exact) mass is 482 g/mol. The molecule has 1 aliphatic rings. The Morgan fingerprint density at radius 2 is 1.85 bits per heavy atom. The fourth-order valence-corrected chi connectivity index (χ4v) is 3.77. The molecule has 34 heavy (non-hydrogen) atoms. The highest BCUT2D eigenvalue weighted by molar-refractivity contribution is 7.80. The van der Waals surface area contributed by atoms with Crippen molar-refractivity contribution >= 4 is 40.3 Å². The average Bonchev–Trinajstić information content (AvgIpc) is 3.34. The molecule has 1 aromatic heterocycles. The number of nitrogens with one attached hydrogen (secondary N) is 2. The van der Waals surface area contributed by atoms with E-state index in [1.54, 1.807) is 42.5 Å². The Labute approximate surface area is 200 Å². The molecular weight excluding hydrogens is 460 g/mol. The molecule has 0 spiro atoms. The molecule has 0 bridgehead atoms. The van der Waals surface area contributed by atoms with Crippen molar-refractivity contribution in [1.29, 1.82) is 0 Å². The molecule has 2 aromatic carbocycles. The second-order valence-corrected chi connectivity index (χ2v) is 7.88. The molecule has 4 rings (SSSR count). The second-order valence-electron chi connectivity index (χ2n) is 7.47. The lowest BCUT2D eigenvalue weighted by molar-refractivity contribution is -0.384. The highest BCUT2D eigenvalue weighted by atomic mass is 32.1. The Balaban J connectivity index is 1.40. The van der Waals surface area contributed by atoms with Crippen LogP contribution in [0.3, 0.4) is 0 Å². The summed E-state index contributed by atoms with van der Waals surface area (Å²) in [5, 5.41) is 26.2. The van der Waals surface area contributed by atoms with Gasteiger partial charge in [0.05, 0.1) is 18.1 Å². The molecule has 0 unspecified atom stereocenters. The number of aliphatic hydroxyl groups is 1. The Morgan fingerprint density at radius 1 is 1.12 bits per heavy atom. The van der Waals surface area contributed by atoms with Gasteiger partial charge in [0.1, 0.15) is 23.8 Å². The van der Waals surface area contributed by atoms with E-state index in [1.165, 1.54) is 12.1 Å². The zero-order valence-corrected chi connectivity index (χ0v) is 18.8. The van der Waals surface area contributed by atoms with Crippen LogP contribution in [0, 0.1) is 10.1 Å². The van der Waals surface area contributed by atoms with Crippen molar-refractivity contribution in [2.45, 2.75) is 6.61 Å². The number of nitro benzene ring substituents is 1. The van der Waals surface area contributed by atoms with Crippen molar-refractivity contribution in [2.75, 3.05) is 36.5 Å². The molecule has 2 heterocycles. The number of rotatable bonds is 6. The minimum Gasteiger partial charge on any atom is -0.459 e. The van der Waals surface area contributed by atoms with Gasteiger partial charge in [-0.1, -0.05) is 0 Å². The summed E-state index contributed by atoms with van der Waals surface area (Å²) < 4.78 is 10.8. The van der Waals surface area contributed by atoms with E-state index in [0.717, 1.165) is 5.56 Å². The first-order valence-corrected chi connectivity index (χ1v) is 10.9. The summed E-state index contributed by atoms with van der Waals surface area (Å²) in [6, 6.07) is 15.0. The topological polar surface area (TPSA) is 130 Å². The molecule has 11 heteroatoms. The van der Waals surface area contributed by atoms with Crippen molar-refractivity contribution < 1.29 is 24.0 Å². The summed E-state index contributed by atoms with van der Waals surface area (Å²) in [6.07, 6.45) is 0. The zero-order chi connectivity index (χ0) is 24.1. The van der Waals surface area contributed by atoms with E-state index in [0.29, 0.717) is 49.2 Å². The molecule has 0 saturated carbocycles. The van der Waals surface area contributed by atoms with E-state index in [4.69, 9.17) is 26.5 Å². The first-order chi connectivity index (χ1) is 16.4. The number of hydrogen-bond donors (Lipinski definition) is 3. The normalized spacial score (nSPS) is 13.4. The van der Waals surface area contributed by atoms with Crippen LogP contribution in [0.15, 0.2) is 59.0 Å². The van der Waals surface area contributed by atoms with Gasteiger partial charge < -0.3 is 24.5 Å². The molecule has 1 fully saturated rings. The molecular formula is C23H22N4O6S. The van der Waals surface area contributed by atoms with Crippen LogP contribution >= 0.6 is 12.2 Å². The fraction of sp³-hybridized carbons (Fsp3) is 0.217. The summed E-state index contributed by atoms with van der Waals surface area (Å²) in [5.41, 5.74) is 1.88. The van der Waals surface area contributed by atoms with Crippen LogP contribution in [-0.4, -0.2) is 47.4 Å². The smallest absolute Gasteiger partial charge is 0.293 e. The number of morpholine rings is 1. The van der Waals surface area contributed by atoms with Gasteiger partial charge in [-0.2, -0.15) is 0 Å². The molecule has 0 aliphatic carbocycles. The van der Waals surface area contributed by atoms with Gasteiger partial charge in [-0.15, -0.1) is 0 Å². The molecule has 1 aliphatic heterocycles. The highest BCUT2D eigenvalue weighted by Gasteiger charge is 2.23. The molecule has 3 aromatic rings. The lowest BCUT2D eigenvalue weighted by Crippen LogP contribution is -2.37. The third-order valence-electron chi connectivity index (χ3n) is 5.26. The van der Waals surface area contributed by atoms with Crippen LogP contribution in [0.1, 0.15) is 16.1 Å². The van der Waals surface area contributed by atoms with Crippen LogP contribution in [0.2, 0.25) is 0 Å². The summed E-state index contributed by atoms with van der Waals surface area (Å²) in [6.45, 7) is 1.90. The van der Waals surface area contributed by atoms with Gasteiger partial charge in [-0.05, 0) is 60.7 Å². The number of hydrogen-bond acceptors (Lipinski definition) is 8. The lowest BCUT2D eigenvalue weighted by Gasteiger charge is -2.28. The number of ether oxygens (including phenoxy) is 1. The number of nitrogens with zero attached hydrogens (tertiary/aromatic N) is 2. The molecule has 3 N–H and O–H groups in total. The second kappa shape index (κ2) is 10.4. The molecule has 176 valence electrons. The van der Waals surface area contributed by atoms with Gasteiger partial charge in [-0.3, -0.25) is 20.2 Å². The maximum absolute atomic E-state index is 12.6. The van der Waals surface area contributed by atoms with Crippen LogP contribution in [0.4, 0.5) is 17.1 Å². The standard InChI is InChI=1S/C23H22N4O6S/c28-14-18-6-8-21(33-18)15-1-4-17(5-2-15)24-23(34)25-22(29)16-3-7-19(20(13-16)27(30)31)26-9-11-32-12-10-26/h1-8,13,28H,9-12,14H2,(H2,24,25,29,34). The van der Waals surface area contributed by atoms with Crippen LogP contribution in [0.25, 0.3) is 11.3 Å². The Bertz CT molecular complexity index is 1200. The number of thiocarbonyl (C=S) groups is 1. The van der Waals surface area contributed by atoms with Crippen LogP contribution in [0.5, 0.6) is 0 Å². The number of aliphatic hydroxyl groups excluding tert-OH is 1. The van der Waals surface area contributed by atoms with E-state index in [-0.39, 0.29) is 23.0 Å². The molecule has 1 saturated heterocycles. The maximum atomic E-state index is 12.6. The zero-order valence-electron chi connectivity index (χ0n) is 18.0. The predicted octanol–water partition coefficient (Wildman–Crippen LogP) is 3.31. The van der Waals surface area contributed by atoms with E-state index in [2.05, 4.69) is 10.6 Å². The number of furan rings is 1. The lowest BCUT2D eigenvalue weighted by atomic mass is 10.1. The molecule has 0 radical (unpaired) electrons. The Morgan fingerprint density at radius 3 is 2.50 bits per heavy atom. The number of anilines is 2. The third kappa shape index (κ3) is 5.39. The van der Waals surface area contributed by atoms with Gasteiger partial charge in [0, 0.05) is 36.0 Å². The van der Waals surface area contributed by atoms with Gasteiger partial charge in [-0.25, -0.2) is 0 Å². The van der Waals surface area contributed by atoms with Gasteiger partial charge >= 0.3 is 0 Å². The Kier molecular flexibility index (Phi) is 7.16. The van der Waals surface area contributed by atoms with Gasteiger partial charge in [0.2, 0.25) is 0 Å². The summed E-state index contributed by atoms with van der Waals surface area (Å²) >= 11 is 5.22. The van der Waals surface area contributed by atoms with E-state index in [1.807, 2.05) is 4.90 Å². The number of nitro groups is 1. The third-order valence-corrected chi connectivity index (χ3v) is 5.46. The molecule has 10 nitrogen and oxygen atoms in total. The fourth-order valence-electron chi connectivity index (χ4n) is 3.56. The van der Waals surface area contributed by atoms with Crippen LogP contribution in [-0.2, 0) is 11.3 Å². The van der Waals surface area contributed by atoms with Crippen molar-refractivity contribution in [3.05, 3.63) is 76.0 Å². The number of amides is 1. The predicted molar refractivity (Wildman–Crippen MR) is 130 cm³/mol. The quantitative estimate of drug-likeness (QED) is 0.275. The van der Waals surface area contributed by atoms with Crippen molar-refractivity contribution in [3.8, 4) is 11.3 Å². The number of carbonyl (C=O) groups excluding carboxylic acids is 1. The van der Waals surface area contributed by atoms with Gasteiger partial charge in [0.15, 0.2) is 5.11 Å². The average molecular weight is 483 g/mol. The van der Waals surface area contributed by atoms with Crippen molar-refractivity contribution in [1.82, 2.24) is 5.32 Å².